The Kier molecular flexibility index (Phi) is 6.19. The second-order valence-corrected chi connectivity index (χ2v) is 8.76. The van der Waals surface area contributed by atoms with E-state index in [0.717, 1.165) is 18.4 Å². The summed E-state index contributed by atoms with van der Waals surface area (Å²) in [6.45, 7) is 0.822. The number of piperidine rings is 1. The molecule has 2 aliphatic rings. The molecule has 0 aromatic heterocycles. The Morgan fingerprint density at radius 2 is 1.74 bits per heavy atom. The molecular weight excluding hydrogens is 371 g/mol. The summed E-state index contributed by atoms with van der Waals surface area (Å²) in [5.41, 5.74) is 0.854. The zero-order valence-electron chi connectivity index (χ0n) is 15.1. The maximum atomic E-state index is 13.0. The van der Waals surface area contributed by atoms with Gasteiger partial charge in [0.1, 0.15) is 18.4 Å². The Balaban J connectivity index is 1.68. The first kappa shape index (κ1) is 19.9. The van der Waals surface area contributed by atoms with E-state index >= 15 is 0 Å². The zero-order chi connectivity index (χ0) is 19.4. The highest BCUT2D eigenvalue weighted by Crippen LogP contribution is 2.48. The van der Waals surface area contributed by atoms with Crippen LogP contribution in [0.25, 0.3) is 0 Å². The average molecular weight is 396 g/mol. The van der Waals surface area contributed by atoms with Crippen LogP contribution in [0.2, 0.25) is 0 Å². The van der Waals surface area contributed by atoms with Gasteiger partial charge in [-0.15, -0.1) is 0 Å². The van der Waals surface area contributed by atoms with Crippen molar-refractivity contribution in [3.8, 4) is 0 Å². The minimum atomic E-state index is -4.40. The molecule has 0 saturated carbocycles. The number of carbonyl (C=O) groups excluding carboxylic acids is 2. The summed E-state index contributed by atoms with van der Waals surface area (Å²) in [4.78, 5) is 47.3. The lowest BCUT2D eigenvalue weighted by molar-refractivity contribution is -0.137. The molecule has 1 aromatic carbocycles. The van der Waals surface area contributed by atoms with Gasteiger partial charge in [-0.2, -0.15) is 0 Å². The fourth-order valence-corrected chi connectivity index (χ4v) is 4.87. The highest BCUT2D eigenvalue weighted by Gasteiger charge is 2.45. The van der Waals surface area contributed by atoms with Crippen molar-refractivity contribution < 1.29 is 28.7 Å². The van der Waals surface area contributed by atoms with E-state index in [1.54, 1.807) is 0 Å². The van der Waals surface area contributed by atoms with Crippen LogP contribution in [0.3, 0.4) is 0 Å². The van der Waals surface area contributed by atoms with Crippen molar-refractivity contribution in [1.82, 2.24) is 9.80 Å². The van der Waals surface area contributed by atoms with Crippen LogP contribution in [0.4, 0.5) is 4.79 Å². The van der Waals surface area contributed by atoms with Crippen molar-refractivity contribution in [3.05, 3.63) is 35.9 Å². The molecule has 0 aliphatic carbocycles. The molecule has 2 heterocycles. The van der Waals surface area contributed by atoms with Gasteiger partial charge in [-0.25, -0.2) is 4.79 Å². The smallest absolute Gasteiger partial charge is 0.410 e. The molecule has 8 nitrogen and oxygen atoms in total. The molecule has 1 unspecified atom stereocenters. The summed E-state index contributed by atoms with van der Waals surface area (Å²) in [5, 5.41) is 0. The minimum absolute atomic E-state index is 0.117. The number of likely N-dealkylation sites (tertiary alicyclic amines) is 2. The number of nitrogens with zero attached hydrogens (tertiary/aromatic N) is 2. The first-order valence-corrected chi connectivity index (χ1v) is 10.9. The van der Waals surface area contributed by atoms with Crippen molar-refractivity contribution in [2.45, 2.75) is 50.5 Å². The van der Waals surface area contributed by atoms with Gasteiger partial charge in [0.25, 0.3) is 0 Å². The molecular formula is C18H25N2O6P. The maximum absolute atomic E-state index is 13.0. The Morgan fingerprint density at radius 1 is 1.04 bits per heavy atom. The lowest BCUT2D eigenvalue weighted by Crippen LogP contribution is -2.54. The number of carbonyl (C=O) groups is 2. The summed E-state index contributed by atoms with van der Waals surface area (Å²) in [7, 11) is -4.40. The molecule has 2 saturated heterocycles. The van der Waals surface area contributed by atoms with Crippen molar-refractivity contribution >= 4 is 19.6 Å². The fourth-order valence-electron chi connectivity index (χ4n) is 3.76. The molecule has 3 rings (SSSR count). The van der Waals surface area contributed by atoms with E-state index in [0.29, 0.717) is 25.9 Å². The van der Waals surface area contributed by atoms with Gasteiger partial charge in [0.05, 0.1) is 0 Å². The van der Waals surface area contributed by atoms with Gasteiger partial charge in [0.15, 0.2) is 0 Å². The van der Waals surface area contributed by atoms with E-state index in [9.17, 15) is 23.9 Å². The van der Waals surface area contributed by atoms with Gasteiger partial charge in [0.2, 0.25) is 5.91 Å². The number of hydrogen-bond acceptors (Lipinski definition) is 4. The molecule has 2 amide bonds. The summed E-state index contributed by atoms with van der Waals surface area (Å²) in [6, 6.07) is 8.55. The Morgan fingerprint density at radius 3 is 2.44 bits per heavy atom. The normalized spacial score (nSPS) is 23.3. The van der Waals surface area contributed by atoms with Crippen LogP contribution in [0, 0.1) is 0 Å². The molecule has 148 valence electrons. The molecule has 0 bridgehead atoms. The summed E-state index contributed by atoms with van der Waals surface area (Å²) in [5.74, 6) is -1.48. The Bertz CT molecular complexity index is 722. The molecule has 2 aliphatic heterocycles. The van der Waals surface area contributed by atoms with Crippen LogP contribution in [-0.4, -0.2) is 56.5 Å². The number of benzene rings is 1. The predicted molar refractivity (Wildman–Crippen MR) is 97.8 cm³/mol. The molecule has 27 heavy (non-hydrogen) atoms. The van der Waals surface area contributed by atoms with Gasteiger partial charge in [-0.3, -0.25) is 14.3 Å². The van der Waals surface area contributed by atoms with E-state index in [4.69, 9.17) is 4.74 Å². The highest BCUT2D eigenvalue weighted by atomic mass is 31.2. The van der Waals surface area contributed by atoms with Crippen LogP contribution in [0.5, 0.6) is 0 Å². The topological polar surface area (TPSA) is 107 Å². The highest BCUT2D eigenvalue weighted by molar-refractivity contribution is 7.52. The molecule has 0 spiro atoms. The van der Waals surface area contributed by atoms with Crippen LogP contribution < -0.4 is 0 Å². The Labute approximate surface area is 158 Å². The lowest BCUT2D eigenvalue weighted by Gasteiger charge is -2.37. The average Bonchev–Trinajstić information content (AvgIpc) is 3.17. The van der Waals surface area contributed by atoms with Crippen LogP contribution in [0.1, 0.15) is 37.7 Å². The third-order valence-corrected chi connectivity index (χ3v) is 6.43. The molecule has 9 heteroatoms. The van der Waals surface area contributed by atoms with Gasteiger partial charge in [-0.05, 0) is 37.7 Å². The first-order chi connectivity index (χ1) is 12.9. The van der Waals surface area contributed by atoms with Crippen molar-refractivity contribution in [1.29, 1.82) is 0 Å². The monoisotopic (exact) mass is 396 g/mol. The van der Waals surface area contributed by atoms with E-state index in [2.05, 4.69) is 0 Å². The van der Waals surface area contributed by atoms with Crippen molar-refractivity contribution in [3.63, 3.8) is 0 Å². The summed E-state index contributed by atoms with van der Waals surface area (Å²) >= 11 is 0. The Hall–Kier alpha value is -1.89. The summed E-state index contributed by atoms with van der Waals surface area (Å²) < 4.78 is 17.1. The standard InChI is InChI=1S/C18H25N2O6P/c21-17(20-12-6-10-16(20)27(23,24)25)15-9-4-5-11-19(15)18(22)26-13-14-7-2-1-3-8-14/h1-3,7-8,15-16H,4-6,9-13H2,(H2,23,24,25)/t15-,16?/m0/s1. The number of ether oxygens (including phenoxy) is 1. The number of amides is 2. The first-order valence-electron chi connectivity index (χ1n) is 9.21. The SMILES string of the molecule is O=C([C@@H]1CCCCN1C(=O)OCc1ccccc1)N1CCCC1P(=O)(O)O. The number of rotatable bonds is 4. The van der Waals surface area contributed by atoms with Crippen LogP contribution >= 0.6 is 7.60 Å². The lowest BCUT2D eigenvalue weighted by atomic mass is 10.0. The van der Waals surface area contributed by atoms with Crippen LogP contribution in [0.15, 0.2) is 30.3 Å². The minimum Gasteiger partial charge on any atom is -0.445 e. The molecule has 2 atom stereocenters. The second-order valence-electron chi connectivity index (χ2n) is 6.99. The molecule has 0 radical (unpaired) electrons. The van der Waals surface area contributed by atoms with Gasteiger partial charge in [0, 0.05) is 13.1 Å². The van der Waals surface area contributed by atoms with E-state index in [1.165, 1.54) is 9.80 Å². The zero-order valence-corrected chi connectivity index (χ0v) is 16.0. The molecule has 1 aromatic rings. The predicted octanol–water partition coefficient (Wildman–Crippen LogP) is 2.30. The molecule has 2 fully saturated rings. The second kappa shape index (κ2) is 8.42. The van der Waals surface area contributed by atoms with Crippen molar-refractivity contribution in [2.24, 2.45) is 0 Å². The number of hydrogen-bond donors (Lipinski definition) is 2. The largest absolute Gasteiger partial charge is 0.445 e. The fraction of sp³-hybridized carbons (Fsp3) is 0.556. The quantitative estimate of drug-likeness (QED) is 0.757. The third-order valence-electron chi connectivity index (χ3n) is 5.12. The molecule has 2 N–H and O–H groups in total. The van der Waals surface area contributed by atoms with E-state index in [1.807, 2.05) is 30.3 Å². The van der Waals surface area contributed by atoms with Gasteiger partial charge >= 0.3 is 13.7 Å². The van der Waals surface area contributed by atoms with Crippen LogP contribution in [-0.2, 0) is 20.7 Å². The third kappa shape index (κ3) is 4.69. The van der Waals surface area contributed by atoms with E-state index < -0.39 is 31.4 Å². The van der Waals surface area contributed by atoms with Gasteiger partial charge in [-0.1, -0.05) is 30.3 Å². The maximum Gasteiger partial charge on any atom is 0.410 e. The van der Waals surface area contributed by atoms with Gasteiger partial charge < -0.3 is 19.4 Å². The van der Waals surface area contributed by atoms with E-state index in [-0.39, 0.29) is 13.0 Å². The summed E-state index contributed by atoms with van der Waals surface area (Å²) in [6.07, 6.45) is 2.29. The van der Waals surface area contributed by atoms with Crippen molar-refractivity contribution in [2.75, 3.05) is 13.1 Å².